The van der Waals surface area contributed by atoms with Gasteiger partial charge in [-0.15, -0.1) is 0 Å². The van der Waals surface area contributed by atoms with Crippen LogP contribution >= 0.6 is 11.6 Å². The number of pyridine rings is 1. The Balaban J connectivity index is 1.34. The number of halogens is 1. The van der Waals surface area contributed by atoms with E-state index < -0.39 is 12.1 Å². The van der Waals surface area contributed by atoms with Gasteiger partial charge in [0, 0.05) is 72.9 Å². The molecule has 0 bridgehead atoms. The van der Waals surface area contributed by atoms with Crippen LogP contribution in [0.1, 0.15) is 27.1 Å². The van der Waals surface area contributed by atoms with Crippen LogP contribution in [0.4, 0.5) is 4.79 Å². The number of carbonyl (C=O) groups excluding carboxylic acids is 3. The number of aliphatic hydroxyl groups is 1. The van der Waals surface area contributed by atoms with E-state index in [0.29, 0.717) is 34.8 Å². The van der Waals surface area contributed by atoms with Crippen molar-refractivity contribution in [2.75, 3.05) is 33.3 Å². The third-order valence-electron chi connectivity index (χ3n) is 7.40. The number of hydrogen-bond acceptors (Lipinski definition) is 5. The summed E-state index contributed by atoms with van der Waals surface area (Å²) in [6.45, 7) is 0.525. The van der Waals surface area contributed by atoms with Crippen LogP contribution in [0, 0.1) is 0 Å². The summed E-state index contributed by atoms with van der Waals surface area (Å²) in [5, 5.41) is 16.7. The summed E-state index contributed by atoms with van der Waals surface area (Å²) in [4.78, 5) is 57.8. The standard InChI is InChI=1S/C30H31ClN6O5/c1-35(14-15-38)30(42)36-13-11-24(33-29(41)20-7-10-22-23(31)17-32-25(22)16-20)26(18-36)34-28(40)19-5-8-21(9-6-19)37-12-3-2-4-27(37)39/h2-10,12,16-17,24,26,32,38H,11,13-15,18H2,1H3,(H,33,41)(H,34,40)/t24-,26+/m1/s1. The van der Waals surface area contributed by atoms with E-state index in [2.05, 4.69) is 15.6 Å². The zero-order valence-electron chi connectivity index (χ0n) is 22.9. The predicted octanol–water partition coefficient (Wildman–Crippen LogP) is 2.62. The van der Waals surface area contributed by atoms with Gasteiger partial charge in [-0.25, -0.2) is 4.79 Å². The van der Waals surface area contributed by atoms with Gasteiger partial charge in [-0.2, -0.15) is 0 Å². The number of fused-ring (bicyclic) bond motifs is 1. The molecule has 11 nitrogen and oxygen atoms in total. The molecule has 0 spiro atoms. The number of aromatic nitrogens is 2. The lowest BCUT2D eigenvalue weighted by molar-refractivity contribution is 0.0808. The largest absolute Gasteiger partial charge is 0.395 e. The Bertz CT molecular complexity index is 1670. The Morgan fingerprint density at radius 1 is 1.02 bits per heavy atom. The highest BCUT2D eigenvalue weighted by Crippen LogP contribution is 2.24. The number of likely N-dealkylation sites (N-methyl/N-ethyl adjacent to an activating group) is 1. The molecule has 0 radical (unpaired) electrons. The van der Waals surface area contributed by atoms with Crippen LogP contribution in [-0.2, 0) is 0 Å². The topological polar surface area (TPSA) is 140 Å². The highest BCUT2D eigenvalue weighted by molar-refractivity contribution is 6.35. The molecule has 0 aliphatic carbocycles. The van der Waals surface area contributed by atoms with Crippen LogP contribution in [0.25, 0.3) is 16.6 Å². The fourth-order valence-corrected chi connectivity index (χ4v) is 5.30. The lowest BCUT2D eigenvalue weighted by Crippen LogP contribution is -2.62. The molecule has 3 heterocycles. The van der Waals surface area contributed by atoms with Crippen molar-refractivity contribution in [1.29, 1.82) is 0 Å². The molecule has 42 heavy (non-hydrogen) atoms. The van der Waals surface area contributed by atoms with Crippen molar-refractivity contribution < 1.29 is 19.5 Å². The van der Waals surface area contributed by atoms with Crippen LogP contribution in [0.5, 0.6) is 0 Å². The van der Waals surface area contributed by atoms with Gasteiger partial charge in [0.15, 0.2) is 0 Å². The maximum absolute atomic E-state index is 13.3. The third kappa shape index (κ3) is 6.17. The van der Waals surface area contributed by atoms with E-state index in [1.54, 1.807) is 78.9 Å². The minimum atomic E-state index is -0.596. The lowest BCUT2D eigenvalue weighted by Gasteiger charge is -2.40. The van der Waals surface area contributed by atoms with E-state index in [0.717, 1.165) is 10.9 Å². The molecule has 0 saturated carbocycles. The van der Waals surface area contributed by atoms with Crippen LogP contribution in [0.3, 0.4) is 0 Å². The Hall–Kier alpha value is -4.61. The maximum atomic E-state index is 13.3. The number of aromatic amines is 1. The van der Waals surface area contributed by atoms with Gasteiger partial charge in [0.2, 0.25) is 0 Å². The summed E-state index contributed by atoms with van der Waals surface area (Å²) in [6, 6.07) is 15.3. The van der Waals surface area contributed by atoms with Crippen molar-refractivity contribution in [2.45, 2.75) is 18.5 Å². The van der Waals surface area contributed by atoms with Crippen molar-refractivity contribution >= 4 is 40.3 Å². The van der Waals surface area contributed by atoms with Gasteiger partial charge in [0.05, 0.1) is 23.7 Å². The molecule has 5 rings (SSSR count). The Kier molecular flexibility index (Phi) is 8.60. The second kappa shape index (κ2) is 12.5. The number of amides is 4. The van der Waals surface area contributed by atoms with Gasteiger partial charge in [-0.1, -0.05) is 23.7 Å². The molecule has 1 fully saturated rings. The quantitative estimate of drug-likeness (QED) is 0.262. The van der Waals surface area contributed by atoms with E-state index in [4.69, 9.17) is 11.6 Å². The molecule has 1 aliphatic heterocycles. The van der Waals surface area contributed by atoms with Crippen LogP contribution in [-0.4, -0.2) is 87.7 Å². The summed E-state index contributed by atoms with van der Waals surface area (Å²) in [5.74, 6) is -0.701. The van der Waals surface area contributed by atoms with E-state index in [9.17, 15) is 24.3 Å². The summed E-state index contributed by atoms with van der Waals surface area (Å²) in [6.07, 6.45) is 3.71. The van der Waals surface area contributed by atoms with Gasteiger partial charge in [-0.05, 0) is 48.9 Å². The molecular weight excluding hydrogens is 560 g/mol. The molecule has 1 saturated heterocycles. The zero-order valence-corrected chi connectivity index (χ0v) is 23.7. The third-order valence-corrected chi connectivity index (χ3v) is 7.71. The first-order valence-corrected chi connectivity index (χ1v) is 13.9. The summed E-state index contributed by atoms with van der Waals surface area (Å²) in [5.41, 5.74) is 1.95. The average molecular weight is 591 g/mol. The minimum absolute atomic E-state index is 0.161. The smallest absolute Gasteiger partial charge is 0.319 e. The first-order valence-electron chi connectivity index (χ1n) is 13.5. The normalized spacial score (nSPS) is 16.7. The number of hydrogen-bond donors (Lipinski definition) is 4. The first kappa shape index (κ1) is 28.9. The molecule has 2 aromatic heterocycles. The second-order valence-corrected chi connectivity index (χ2v) is 10.6. The molecule has 1 aliphatic rings. The molecule has 2 atom stereocenters. The average Bonchev–Trinajstić information content (AvgIpc) is 3.37. The first-order chi connectivity index (χ1) is 20.2. The van der Waals surface area contributed by atoms with Crippen LogP contribution < -0.4 is 16.2 Å². The number of nitrogens with one attached hydrogen (secondary N) is 3. The van der Waals surface area contributed by atoms with Gasteiger partial charge < -0.3 is 30.5 Å². The molecule has 4 amide bonds. The van der Waals surface area contributed by atoms with Gasteiger partial charge in [0.1, 0.15) is 0 Å². The molecule has 4 N–H and O–H groups in total. The van der Waals surface area contributed by atoms with Gasteiger partial charge >= 0.3 is 6.03 Å². The fraction of sp³-hybridized carbons (Fsp3) is 0.267. The van der Waals surface area contributed by atoms with E-state index in [1.807, 2.05) is 0 Å². The molecule has 2 aromatic carbocycles. The monoisotopic (exact) mass is 590 g/mol. The van der Waals surface area contributed by atoms with Gasteiger partial charge in [0.25, 0.3) is 17.4 Å². The highest BCUT2D eigenvalue weighted by Gasteiger charge is 2.35. The molecule has 12 heteroatoms. The van der Waals surface area contributed by atoms with Crippen molar-refractivity contribution in [1.82, 2.24) is 30.0 Å². The van der Waals surface area contributed by atoms with E-state index in [1.165, 1.54) is 15.5 Å². The number of aliphatic hydroxyl groups excluding tert-OH is 1. The fourth-order valence-electron chi connectivity index (χ4n) is 5.08. The van der Waals surface area contributed by atoms with Crippen molar-refractivity contribution in [3.05, 3.63) is 99.6 Å². The van der Waals surface area contributed by atoms with E-state index in [-0.39, 0.29) is 43.1 Å². The maximum Gasteiger partial charge on any atom is 0.319 e. The number of nitrogens with zero attached hydrogens (tertiary/aromatic N) is 3. The molecule has 4 aromatic rings. The number of likely N-dealkylation sites (tertiary alicyclic amines) is 1. The van der Waals surface area contributed by atoms with E-state index >= 15 is 0 Å². The Morgan fingerprint density at radius 2 is 1.74 bits per heavy atom. The van der Waals surface area contributed by atoms with Crippen LogP contribution in [0.2, 0.25) is 5.02 Å². The van der Waals surface area contributed by atoms with Crippen molar-refractivity contribution in [3.63, 3.8) is 0 Å². The summed E-state index contributed by atoms with van der Waals surface area (Å²) >= 11 is 6.17. The Labute approximate surface area is 246 Å². The van der Waals surface area contributed by atoms with Crippen LogP contribution in [0.15, 0.2) is 77.9 Å². The second-order valence-electron chi connectivity index (χ2n) is 10.2. The highest BCUT2D eigenvalue weighted by atomic mass is 35.5. The zero-order chi connectivity index (χ0) is 29.8. The summed E-state index contributed by atoms with van der Waals surface area (Å²) in [7, 11) is 1.60. The SMILES string of the molecule is CN(CCO)C(=O)N1CC[C@@H](NC(=O)c2ccc3c(Cl)c[nH]c3c2)[C@@H](NC(=O)c2ccc(-n3ccccc3=O)cc2)C1. The number of rotatable bonds is 7. The molecule has 218 valence electrons. The number of piperidine rings is 1. The van der Waals surface area contributed by atoms with Crippen molar-refractivity contribution in [2.24, 2.45) is 0 Å². The van der Waals surface area contributed by atoms with Crippen molar-refractivity contribution in [3.8, 4) is 5.69 Å². The number of carbonyl (C=O) groups is 3. The number of benzene rings is 2. The Morgan fingerprint density at radius 3 is 2.48 bits per heavy atom. The predicted molar refractivity (Wildman–Crippen MR) is 159 cm³/mol. The molecule has 0 unspecified atom stereocenters. The van der Waals surface area contributed by atoms with Gasteiger partial charge in [-0.3, -0.25) is 19.0 Å². The lowest BCUT2D eigenvalue weighted by atomic mass is 9.98. The molecular formula is C30H31ClN6O5. The summed E-state index contributed by atoms with van der Waals surface area (Å²) < 4.78 is 1.47. The number of H-pyrrole nitrogens is 1. The number of urea groups is 1. The minimum Gasteiger partial charge on any atom is -0.395 e.